The second-order valence-corrected chi connectivity index (χ2v) is 4.79. The van der Waals surface area contributed by atoms with Crippen LogP contribution in [0.5, 0.6) is 0 Å². The van der Waals surface area contributed by atoms with Crippen LogP contribution in [0.1, 0.15) is 43.1 Å². The van der Waals surface area contributed by atoms with Gasteiger partial charge in [0.25, 0.3) is 0 Å². The Bertz CT molecular complexity index is 607. The van der Waals surface area contributed by atoms with Crippen LogP contribution in [-0.2, 0) is 16.8 Å². The smallest absolute Gasteiger partial charge is 0.231 e. The van der Waals surface area contributed by atoms with Gasteiger partial charge in [-0.3, -0.25) is 0 Å². The lowest BCUT2D eigenvalue weighted by atomic mass is 10.0. The molecule has 0 fully saturated rings. The van der Waals surface area contributed by atoms with Crippen LogP contribution in [0.2, 0.25) is 0 Å². The van der Waals surface area contributed by atoms with Gasteiger partial charge in [0.1, 0.15) is 5.60 Å². The first-order valence-electron chi connectivity index (χ1n) is 6.48. The summed E-state index contributed by atoms with van der Waals surface area (Å²) in [5, 5.41) is 12.8. The van der Waals surface area contributed by atoms with Crippen LogP contribution < -0.4 is 0 Å². The van der Waals surface area contributed by atoms with Crippen molar-refractivity contribution in [3.8, 4) is 6.07 Å². The highest BCUT2D eigenvalue weighted by molar-refractivity contribution is 5.32. The van der Waals surface area contributed by atoms with Gasteiger partial charge in [-0.1, -0.05) is 24.2 Å². The van der Waals surface area contributed by atoms with Crippen molar-refractivity contribution in [3.63, 3.8) is 0 Å². The summed E-state index contributed by atoms with van der Waals surface area (Å²) in [7, 11) is 1.64. The van der Waals surface area contributed by atoms with Crippen LogP contribution in [0.15, 0.2) is 28.8 Å². The lowest BCUT2D eigenvalue weighted by Crippen LogP contribution is -2.24. The molecule has 0 saturated carbocycles. The zero-order chi connectivity index (χ0) is 14.6. The zero-order valence-electron chi connectivity index (χ0n) is 11.9. The number of benzene rings is 1. The third-order valence-corrected chi connectivity index (χ3v) is 3.50. The van der Waals surface area contributed by atoms with Crippen molar-refractivity contribution in [2.45, 2.75) is 32.3 Å². The predicted octanol–water partition coefficient (Wildman–Crippen LogP) is 2.80. The van der Waals surface area contributed by atoms with Crippen molar-refractivity contribution in [1.82, 2.24) is 10.1 Å². The summed E-state index contributed by atoms with van der Waals surface area (Å²) in [5.41, 5.74) is 1.14. The first-order valence-corrected chi connectivity index (χ1v) is 6.48. The fraction of sp³-hybridized carbons (Fsp3) is 0.400. The molecule has 5 nitrogen and oxygen atoms in total. The molecule has 20 heavy (non-hydrogen) atoms. The van der Waals surface area contributed by atoms with Crippen molar-refractivity contribution in [1.29, 1.82) is 5.26 Å². The quantitative estimate of drug-likeness (QED) is 0.836. The number of hydrogen-bond acceptors (Lipinski definition) is 5. The molecule has 0 N–H and O–H groups in total. The summed E-state index contributed by atoms with van der Waals surface area (Å²) in [6.07, 6.45) is 1.31. The predicted molar refractivity (Wildman–Crippen MR) is 72.9 cm³/mol. The lowest BCUT2D eigenvalue weighted by Gasteiger charge is -2.21. The van der Waals surface area contributed by atoms with Crippen LogP contribution in [0.4, 0.5) is 0 Å². The Kier molecular flexibility index (Phi) is 4.16. The molecular weight excluding hydrogens is 254 g/mol. The molecule has 104 valence electrons. The molecule has 0 spiro atoms. The van der Waals surface area contributed by atoms with E-state index in [4.69, 9.17) is 14.5 Å². The Hall–Kier alpha value is -2.19. The Labute approximate surface area is 118 Å². The van der Waals surface area contributed by atoms with Gasteiger partial charge in [-0.2, -0.15) is 10.2 Å². The van der Waals surface area contributed by atoms with Crippen LogP contribution in [0.3, 0.4) is 0 Å². The third kappa shape index (κ3) is 2.86. The molecule has 1 heterocycles. The number of ether oxygens (including phenoxy) is 1. The monoisotopic (exact) mass is 271 g/mol. The number of nitrogens with zero attached hydrogens (tertiary/aromatic N) is 3. The van der Waals surface area contributed by atoms with Crippen molar-refractivity contribution in [2.75, 3.05) is 7.11 Å². The van der Waals surface area contributed by atoms with Crippen molar-refractivity contribution >= 4 is 0 Å². The third-order valence-electron chi connectivity index (χ3n) is 3.50. The number of methoxy groups -OCH3 is 1. The number of rotatable bonds is 5. The van der Waals surface area contributed by atoms with E-state index in [2.05, 4.69) is 16.2 Å². The zero-order valence-corrected chi connectivity index (χ0v) is 11.9. The van der Waals surface area contributed by atoms with Gasteiger partial charge in [0, 0.05) is 7.11 Å². The van der Waals surface area contributed by atoms with E-state index in [1.165, 1.54) is 0 Å². The molecule has 0 radical (unpaired) electrons. The van der Waals surface area contributed by atoms with Gasteiger partial charge in [0.15, 0.2) is 0 Å². The van der Waals surface area contributed by atoms with Gasteiger partial charge in [-0.25, -0.2) is 0 Å². The molecule has 0 bridgehead atoms. The fourth-order valence-corrected chi connectivity index (χ4v) is 1.81. The first kappa shape index (κ1) is 14.2. The highest BCUT2D eigenvalue weighted by atomic mass is 16.5. The van der Waals surface area contributed by atoms with Gasteiger partial charge in [0.05, 0.1) is 18.1 Å². The van der Waals surface area contributed by atoms with Crippen LogP contribution in [-0.4, -0.2) is 17.3 Å². The second kappa shape index (κ2) is 5.85. The van der Waals surface area contributed by atoms with E-state index in [9.17, 15) is 0 Å². The first-order chi connectivity index (χ1) is 9.61. The van der Waals surface area contributed by atoms with Crippen LogP contribution in [0.25, 0.3) is 0 Å². The Morgan fingerprint density at radius 3 is 2.60 bits per heavy atom. The Balaban J connectivity index is 2.15. The molecule has 1 atom stereocenters. The maximum atomic E-state index is 8.76. The van der Waals surface area contributed by atoms with E-state index < -0.39 is 5.60 Å². The molecule has 2 aromatic rings. The largest absolute Gasteiger partial charge is 0.370 e. The van der Waals surface area contributed by atoms with Crippen molar-refractivity contribution in [3.05, 3.63) is 47.1 Å². The molecule has 0 saturated heterocycles. The molecule has 0 aliphatic carbocycles. The minimum Gasteiger partial charge on any atom is -0.370 e. The molecule has 2 rings (SSSR count). The van der Waals surface area contributed by atoms with E-state index >= 15 is 0 Å². The molecule has 0 amide bonds. The maximum absolute atomic E-state index is 8.76. The van der Waals surface area contributed by atoms with Gasteiger partial charge >= 0.3 is 0 Å². The molecule has 0 aliphatic heterocycles. The van der Waals surface area contributed by atoms with Crippen molar-refractivity contribution in [2.24, 2.45) is 0 Å². The highest BCUT2D eigenvalue weighted by Crippen LogP contribution is 2.25. The number of nitriles is 1. The Morgan fingerprint density at radius 1 is 1.35 bits per heavy atom. The van der Waals surface area contributed by atoms with Gasteiger partial charge in [0.2, 0.25) is 11.7 Å². The summed E-state index contributed by atoms with van der Waals surface area (Å²) in [6.45, 7) is 3.95. The maximum Gasteiger partial charge on any atom is 0.231 e. The van der Waals surface area contributed by atoms with Crippen LogP contribution in [0, 0.1) is 11.3 Å². The fourth-order valence-electron chi connectivity index (χ4n) is 1.81. The SMILES string of the molecule is CCC(C)(OC)c1noc(Cc2ccc(C#N)cc2)n1. The minimum atomic E-state index is -0.521. The standard InChI is InChI=1S/C15H17N3O2/c1-4-15(2,19-3)14-17-13(20-18-14)9-11-5-7-12(10-16)8-6-11/h5-8H,4,9H2,1-3H3. The minimum absolute atomic E-state index is 0.521. The van der Waals surface area contributed by atoms with E-state index in [1.54, 1.807) is 19.2 Å². The van der Waals surface area contributed by atoms with Gasteiger partial charge in [-0.15, -0.1) is 0 Å². The van der Waals surface area contributed by atoms with Gasteiger partial charge in [-0.05, 0) is 31.0 Å². The molecule has 5 heteroatoms. The number of aromatic nitrogens is 2. The molecular formula is C15H17N3O2. The summed E-state index contributed by atoms with van der Waals surface area (Å²) >= 11 is 0. The normalized spacial score (nSPS) is 13.7. The van der Waals surface area contributed by atoms with E-state index in [0.29, 0.717) is 23.7 Å². The van der Waals surface area contributed by atoms with E-state index in [-0.39, 0.29) is 0 Å². The summed E-state index contributed by atoms with van der Waals surface area (Å²) < 4.78 is 10.7. The van der Waals surface area contributed by atoms with Crippen LogP contribution >= 0.6 is 0 Å². The molecule has 1 unspecified atom stereocenters. The lowest BCUT2D eigenvalue weighted by molar-refractivity contribution is -0.0106. The highest BCUT2D eigenvalue weighted by Gasteiger charge is 2.29. The summed E-state index contributed by atoms with van der Waals surface area (Å²) in [4.78, 5) is 4.39. The molecule has 1 aromatic heterocycles. The average molecular weight is 271 g/mol. The summed E-state index contributed by atoms with van der Waals surface area (Å²) in [6, 6.07) is 9.41. The second-order valence-electron chi connectivity index (χ2n) is 4.79. The average Bonchev–Trinajstić information content (AvgIpc) is 2.96. The topological polar surface area (TPSA) is 71.9 Å². The molecule has 0 aliphatic rings. The molecule has 1 aromatic carbocycles. The van der Waals surface area contributed by atoms with Gasteiger partial charge < -0.3 is 9.26 Å². The van der Waals surface area contributed by atoms with E-state index in [0.717, 1.165) is 12.0 Å². The number of hydrogen-bond donors (Lipinski definition) is 0. The van der Waals surface area contributed by atoms with E-state index in [1.807, 2.05) is 26.0 Å². The van der Waals surface area contributed by atoms with Crippen molar-refractivity contribution < 1.29 is 9.26 Å². The Morgan fingerprint density at radius 2 is 2.05 bits per heavy atom. The summed E-state index contributed by atoms with van der Waals surface area (Å²) in [5.74, 6) is 1.10.